The van der Waals surface area contributed by atoms with Crippen LogP contribution in [0.1, 0.15) is 36.8 Å². The lowest BCUT2D eigenvalue weighted by Crippen LogP contribution is -2.74. The maximum atomic E-state index is 16.9. The predicted molar refractivity (Wildman–Crippen MR) is 110 cm³/mol. The Morgan fingerprint density at radius 1 is 1.10 bits per heavy atom. The molecule has 1 aliphatic rings. The van der Waals surface area contributed by atoms with Crippen molar-refractivity contribution in [2.45, 2.75) is 42.5 Å². The third kappa shape index (κ3) is 3.05. The molecule has 2 aromatic carbocycles. The van der Waals surface area contributed by atoms with Crippen LogP contribution in [0, 0.1) is 16.0 Å². The Morgan fingerprint density at radius 3 is 2.00 bits per heavy atom. The molecule has 1 aliphatic carbocycles. The van der Waals surface area contributed by atoms with Crippen LogP contribution in [0.4, 0.5) is 4.39 Å². The summed E-state index contributed by atoms with van der Waals surface area (Å²) in [4.78, 5) is 37.0. The highest BCUT2D eigenvalue weighted by Crippen LogP contribution is 2.62. The Labute approximate surface area is 179 Å². The van der Waals surface area contributed by atoms with E-state index in [1.807, 2.05) is 0 Å². The topological polar surface area (TPSA) is 107 Å². The molecule has 0 amide bonds. The lowest BCUT2D eigenvalue weighted by atomic mass is 9.48. The van der Waals surface area contributed by atoms with E-state index >= 15 is 4.39 Å². The van der Waals surface area contributed by atoms with Crippen molar-refractivity contribution in [1.82, 2.24) is 0 Å². The van der Waals surface area contributed by atoms with Gasteiger partial charge < -0.3 is 14.6 Å². The van der Waals surface area contributed by atoms with Crippen LogP contribution in [0.2, 0.25) is 0 Å². The second kappa shape index (κ2) is 7.85. The fourth-order valence-corrected chi connectivity index (χ4v) is 5.13. The van der Waals surface area contributed by atoms with E-state index in [2.05, 4.69) is 4.74 Å². The van der Waals surface area contributed by atoms with Gasteiger partial charge in [-0.3, -0.25) is 10.1 Å². The Hall–Kier alpha value is -3.13. The molecule has 0 bridgehead atoms. The summed E-state index contributed by atoms with van der Waals surface area (Å²) in [7, 11) is 0.935. The van der Waals surface area contributed by atoms with Gasteiger partial charge in [-0.2, -0.15) is 0 Å². The average Bonchev–Trinajstić information content (AvgIpc) is 2.76. The molecule has 2 aromatic rings. The third-order valence-corrected chi connectivity index (χ3v) is 6.67. The maximum absolute atomic E-state index is 16.9. The van der Waals surface area contributed by atoms with E-state index in [0.717, 1.165) is 14.0 Å². The van der Waals surface area contributed by atoms with E-state index in [1.54, 1.807) is 48.5 Å². The summed E-state index contributed by atoms with van der Waals surface area (Å²) in [5, 5.41) is 24.0. The van der Waals surface area contributed by atoms with Gasteiger partial charge in [0.2, 0.25) is 11.2 Å². The zero-order valence-corrected chi connectivity index (χ0v) is 17.4. The van der Waals surface area contributed by atoms with E-state index in [0.29, 0.717) is 5.56 Å². The normalized spacial score (nSPS) is 35.2. The van der Waals surface area contributed by atoms with Gasteiger partial charge >= 0.3 is 5.97 Å². The number of aldehydes is 1. The number of esters is 1. The molecule has 0 aromatic heterocycles. The molecule has 0 aliphatic heterocycles. The fraction of sp³-hybridized carbons (Fsp3) is 0.391. The Kier molecular flexibility index (Phi) is 5.71. The first-order valence-electron chi connectivity index (χ1n) is 9.77. The van der Waals surface area contributed by atoms with E-state index in [-0.39, 0.29) is 11.8 Å². The summed E-state index contributed by atoms with van der Waals surface area (Å²) in [5.74, 6) is -6.05. The van der Waals surface area contributed by atoms with Crippen molar-refractivity contribution in [1.29, 1.82) is 0 Å². The van der Waals surface area contributed by atoms with Crippen LogP contribution in [-0.2, 0) is 14.3 Å². The number of nitrogens with zero attached hydrogens (tertiary/aromatic N) is 1. The summed E-state index contributed by atoms with van der Waals surface area (Å²) in [6.45, 7) is 2.24. The molecular weight excluding hydrogens is 405 g/mol. The largest absolute Gasteiger partial charge is 0.467 e. The third-order valence-electron chi connectivity index (χ3n) is 6.67. The van der Waals surface area contributed by atoms with E-state index in [9.17, 15) is 24.8 Å². The van der Waals surface area contributed by atoms with Gasteiger partial charge in [0.25, 0.3) is 0 Å². The summed E-state index contributed by atoms with van der Waals surface area (Å²) in [6, 6.07) is 15.8. The molecule has 3 rings (SSSR count). The number of hydrogen-bond acceptors (Lipinski definition) is 6. The van der Waals surface area contributed by atoms with Crippen LogP contribution < -0.4 is 0 Å². The molecule has 1 N–H and O–H groups in total. The molecule has 164 valence electrons. The number of halogens is 1. The lowest BCUT2D eigenvalue weighted by Gasteiger charge is -2.56. The maximum Gasteiger partial charge on any atom is 0.347 e. The fourth-order valence-electron chi connectivity index (χ4n) is 5.13. The number of hydrogen-bond donors (Lipinski definition) is 1. The number of ether oxygens (including phenoxy) is 1. The molecule has 7 nitrogen and oxygen atoms in total. The van der Waals surface area contributed by atoms with Gasteiger partial charge in [0.15, 0.2) is 0 Å². The first kappa shape index (κ1) is 22.6. The van der Waals surface area contributed by atoms with Crippen LogP contribution in [0.25, 0.3) is 0 Å². The number of carbonyl (C=O) groups excluding carboxylic acids is 2. The summed E-state index contributed by atoms with van der Waals surface area (Å²) < 4.78 is 21.6. The van der Waals surface area contributed by atoms with Crippen LogP contribution in [-0.4, -0.2) is 46.2 Å². The molecule has 8 heteroatoms. The van der Waals surface area contributed by atoms with Gasteiger partial charge in [-0.15, -0.1) is 0 Å². The van der Waals surface area contributed by atoms with Gasteiger partial charge in [0, 0.05) is 11.8 Å². The van der Waals surface area contributed by atoms with Gasteiger partial charge in [-0.25, -0.2) is 9.18 Å². The Bertz CT molecular complexity index is 982. The molecule has 1 fully saturated rings. The van der Waals surface area contributed by atoms with Crippen molar-refractivity contribution in [3.8, 4) is 0 Å². The summed E-state index contributed by atoms with van der Waals surface area (Å²) >= 11 is 0. The van der Waals surface area contributed by atoms with Gasteiger partial charge in [-0.1, -0.05) is 60.7 Å². The molecule has 31 heavy (non-hydrogen) atoms. The molecule has 6 atom stereocenters. The van der Waals surface area contributed by atoms with Crippen molar-refractivity contribution >= 4 is 12.3 Å². The highest BCUT2D eigenvalue weighted by atomic mass is 19.1. The van der Waals surface area contributed by atoms with Gasteiger partial charge in [-0.05, 0) is 18.1 Å². The Balaban J connectivity index is 2.46. The average molecular weight is 429 g/mol. The minimum atomic E-state index is -3.28. The molecular formula is C23H24FNO6. The SMILES string of the molecule is COC(=O)[C@]1(F)[C@@H](c2ccccc2)[C@](C)([N+](=O)[O-])[C@@H](c2ccccc2)[C@H](C=O)[C@]1(C)O. The van der Waals surface area contributed by atoms with Crippen molar-refractivity contribution in [3.63, 3.8) is 0 Å². The molecule has 0 unspecified atom stereocenters. The van der Waals surface area contributed by atoms with Crippen molar-refractivity contribution < 1.29 is 28.7 Å². The van der Waals surface area contributed by atoms with Crippen LogP contribution in [0.15, 0.2) is 60.7 Å². The predicted octanol–water partition coefficient (Wildman–Crippen LogP) is 3.05. The van der Waals surface area contributed by atoms with E-state index in [1.165, 1.54) is 19.1 Å². The van der Waals surface area contributed by atoms with Gasteiger partial charge in [0.1, 0.15) is 17.8 Å². The minimum Gasteiger partial charge on any atom is -0.467 e. The lowest BCUT2D eigenvalue weighted by molar-refractivity contribution is -0.586. The van der Waals surface area contributed by atoms with Crippen molar-refractivity contribution in [3.05, 3.63) is 81.9 Å². The standard InChI is InChI=1S/C23H24FNO6/c1-21(25(29)30)18(15-10-6-4-7-11-15)17(14-26)22(2,28)23(24,20(27)31-3)19(21)16-12-8-5-9-13-16/h4-14,17-19,28H,1-3H3/t17-,18-,19-,21+,22-,23+/m0/s1. The molecule has 1 saturated carbocycles. The zero-order valence-electron chi connectivity index (χ0n) is 17.4. The second-order valence-electron chi connectivity index (χ2n) is 8.23. The number of carbonyl (C=O) groups is 2. The van der Waals surface area contributed by atoms with E-state index < -0.39 is 45.5 Å². The number of benzene rings is 2. The number of nitro groups is 1. The molecule has 0 heterocycles. The number of aliphatic hydroxyl groups is 1. The summed E-state index contributed by atoms with van der Waals surface area (Å²) in [6.07, 6.45) is 0.290. The van der Waals surface area contributed by atoms with Crippen LogP contribution in [0.3, 0.4) is 0 Å². The monoisotopic (exact) mass is 429 g/mol. The molecule has 0 spiro atoms. The highest BCUT2D eigenvalue weighted by Gasteiger charge is 2.79. The van der Waals surface area contributed by atoms with Crippen LogP contribution >= 0.6 is 0 Å². The highest BCUT2D eigenvalue weighted by molar-refractivity contribution is 5.85. The first-order chi connectivity index (χ1) is 14.6. The molecule has 0 radical (unpaired) electrons. The van der Waals surface area contributed by atoms with Crippen molar-refractivity contribution in [2.75, 3.05) is 7.11 Å². The molecule has 0 saturated heterocycles. The van der Waals surface area contributed by atoms with Crippen LogP contribution in [0.5, 0.6) is 0 Å². The number of methoxy groups -OCH3 is 1. The van der Waals surface area contributed by atoms with Gasteiger partial charge in [0.05, 0.1) is 18.9 Å². The quantitative estimate of drug-likeness (QED) is 0.339. The number of rotatable bonds is 5. The first-order valence-corrected chi connectivity index (χ1v) is 9.77. The second-order valence-corrected chi connectivity index (χ2v) is 8.23. The zero-order chi connectivity index (χ0) is 23.0. The summed E-state index contributed by atoms with van der Waals surface area (Å²) in [5.41, 5.74) is -7.54. The number of alkyl halides is 1. The minimum absolute atomic E-state index is 0.139. The van der Waals surface area contributed by atoms with E-state index in [4.69, 9.17) is 0 Å². The smallest absolute Gasteiger partial charge is 0.347 e. The Morgan fingerprint density at radius 2 is 1.58 bits per heavy atom. The van der Waals surface area contributed by atoms with Crippen molar-refractivity contribution in [2.24, 2.45) is 5.92 Å².